The Hall–Kier alpha value is 0.0969. The zero-order valence-corrected chi connectivity index (χ0v) is 10.4. The lowest BCUT2D eigenvalue weighted by Crippen LogP contribution is -2.17. The average molecular weight is 218 g/mol. The van der Waals surface area contributed by atoms with Crippen LogP contribution in [0.5, 0.6) is 0 Å². The first kappa shape index (κ1) is 12.2. The molecule has 14 heavy (non-hydrogen) atoms. The summed E-state index contributed by atoms with van der Waals surface area (Å²) < 4.78 is 10.8. The number of hydrogen-bond donors (Lipinski definition) is 1. The van der Waals surface area contributed by atoms with Gasteiger partial charge in [0, 0.05) is 15.4 Å². The molecule has 0 amide bonds. The number of aliphatic hydroxyl groups is 1. The molecule has 3 nitrogen and oxygen atoms in total. The molecular formula is C10H22O3Si. The van der Waals surface area contributed by atoms with Crippen molar-refractivity contribution < 1.29 is 14.6 Å². The van der Waals surface area contributed by atoms with Crippen LogP contribution < -0.4 is 0 Å². The van der Waals surface area contributed by atoms with E-state index in [0.29, 0.717) is 6.61 Å². The predicted molar refractivity (Wildman–Crippen MR) is 59.3 cm³/mol. The van der Waals surface area contributed by atoms with Crippen LogP contribution in [0, 0.1) is 0 Å². The maximum Gasteiger partial charge on any atom is 0.157 e. The van der Waals surface area contributed by atoms with Crippen molar-refractivity contribution in [1.29, 1.82) is 0 Å². The summed E-state index contributed by atoms with van der Waals surface area (Å²) in [4.78, 5) is 0. The van der Waals surface area contributed by atoms with Crippen molar-refractivity contribution in [2.75, 3.05) is 19.8 Å². The van der Waals surface area contributed by atoms with Gasteiger partial charge in [-0.3, -0.25) is 0 Å². The average Bonchev–Trinajstić information content (AvgIpc) is 2.64. The second-order valence-corrected chi connectivity index (χ2v) is 7.70. The maximum absolute atomic E-state index is 8.94. The van der Waals surface area contributed by atoms with E-state index in [4.69, 9.17) is 14.6 Å². The molecule has 1 aliphatic rings. The van der Waals surface area contributed by atoms with Gasteiger partial charge in [-0.25, -0.2) is 0 Å². The highest BCUT2D eigenvalue weighted by atomic mass is 28.3. The zero-order chi connectivity index (χ0) is 10.4. The Balaban J connectivity index is 2.17. The van der Waals surface area contributed by atoms with Gasteiger partial charge in [-0.15, -0.1) is 0 Å². The minimum Gasteiger partial charge on any atom is -0.396 e. The monoisotopic (exact) mass is 218 g/mol. The lowest BCUT2D eigenvalue weighted by molar-refractivity contribution is -0.0481. The van der Waals surface area contributed by atoms with E-state index in [2.05, 4.69) is 13.1 Å². The molecule has 1 saturated heterocycles. The van der Waals surface area contributed by atoms with Gasteiger partial charge in [0.25, 0.3) is 0 Å². The van der Waals surface area contributed by atoms with Crippen molar-refractivity contribution in [2.24, 2.45) is 0 Å². The van der Waals surface area contributed by atoms with Gasteiger partial charge >= 0.3 is 0 Å². The topological polar surface area (TPSA) is 38.7 Å². The van der Waals surface area contributed by atoms with Crippen LogP contribution in [0.4, 0.5) is 0 Å². The van der Waals surface area contributed by atoms with Crippen LogP contribution in [0.15, 0.2) is 0 Å². The lowest BCUT2D eigenvalue weighted by atomic mass is 10.2. The van der Waals surface area contributed by atoms with Crippen molar-refractivity contribution in [3.63, 3.8) is 0 Å². The fourth-order valence-electron chi connectivity index (χ4n) is 1.90. The van der Waals surface area contributed by atoms with Crippen LogP contribution in [0.2, 0.25) is 18.6 Å². The van der Waals surface area contributed by atoms with Gasteiger partial charge in [0.1, 0.15) is 0 Å². The SMILES string of the molecule is C[SiH](C)C(CCO)CCC1OCCO1. The standard InChI is InChI=1S/C10H22O3Si/c1-14(2)9(5-6-11)3-4-10-12-7-8-13-10/h9-11,14H,3-8H2,1-2H3. The van der Waals surface area contributed by atoms with E-state index in [1.165, 1.54) is 0 Å². The number of ether oxygens (including phenoxy) is 2. The molecular weight excluding hydrogens is 196 g/mol. The highest BCUT2D eigenvalue weighted by Gasteiger charge is 2.20. The molecule has 0 saturated carbocycles. The quantitative estimate of drug-likeness (QED) is 0.685. The van der Waals surface area contributed by atoms with Crippen molar-refractivity contribution >= 4 is 8.80 Å². The van der Waals surface area contributed by atoms with Gasteiger partial charge in [-0.05, 0) is 24.8 Å². The molecule has 1 unspecified atom stereocenters. The summed E-state index contributed by atoms with van der Waals surface area (Å²) in [5, 5.41) is 8.94. The van der Waals surface area contributed by atoms with Gasteiger partial charge in [-0.1, -0.05) is 13.1 Å². The van der Waals surface area contributed by atoms with Crippen LogP contribution >= 0.6 is 0 Å². The van der Waals surface area contributed by atoms with Gasteiger partial charge in [0.05, 0.1) is 13.2 Å². The number of hydrogen-bond acceptors (Lipinski definition) is 3. The molecule has 1 aliphatic heterocycles. The molecule has 0 spiro atoms. The summed E-state index contributed by atoms with van der Waals surface area (Å²) in [5.74, 6) is 0. The fourth-order valence-corrected chi connectivity index (χ4v) is 3.58. The number of rotatable bonds is 6. The van der Waals surface area contributed by atoms with Gasteiger partial charge < -0.3 is 14.6 Å². The Morgan fingerprint density at radius 2 is 1.93 bits per heavy atom. The summed E-state index contributed by atoms with van der Waals surface area (Å²) in [6.07, 6.45) is 3.13. The van der Waals surface area contributed by atoms with E-state index < -0.39 is 8.80 Å². The van der Waals surface area contributed by atoms with Crippen LogP contribution in [-0.2, 0) is 9.47 Å². The summed E-state index contributed by atoms with van der Waals surface area (Å²) in [7, 11) is -0.635. The summed E-state index contributed by atoms with van der Waals surface area (Å²) in [6, 6.07) is 0. The van der Waals surface area contributed by atoms with Crippen molar-refractivity contribution in [3.05, 3.63) is 0 Å². The van der Waals surface area contributed by atoms with Crippen LogP contribution in [0.1, 0.15) is 19.3 Å². The second kappa shape index (κ2) is 6.56. The molecule has 0 bridgehead atoms. The normalized spacial score (nSPS) is 20.6. The van der Waals surface area contributed by atoms with Crippen LogP contribution in [0.25, 0.3) is 0 Å². The third-order valence-corrected chi connectivity index (χ3v) is 5.46. The van der Waals surface area contributed by atoms with E-state index >= 15 is 0 Å². The third kappa shape index (κ3) is 4.08. The summed E-state index contributed by atoms with van der Waals surface area (Å²) >= 11 is 0. The molecule has 0 aromatic rings. The summed E-state index contributed by atoms with van der Waals surface area (Å²) in [5.41, 5.74) is 0.729. The number of aliphatic hydroxyl groups excluding tert-OH is 1. The highest BCUT2D eigenvalue weighted by molar-refractivity contribution is 6.57. The second-order valence-electron chi connectivity index (χ2n) is 4.26. The molecule has 4 heteroatoms. The molecule has 0 aromatic heterocycles. The minimum atomic E-state index is -0.635. The molecule has 0 aromatic carbocycles. The van der Waals surface area contributed by atoms with Crippen LogP contribution in [-0.4, -0.2) is 40.0 Å². The Labute approximate surface area is 88.0 Å². The van der Waals surface area contributed by atoms with E-state index in [1.54, 1.807) is 0 Å². The fraction of sp³-hybridized carbons (Fsp3) is 1.00. The Morgan fingerprint density at radius 1 is 1.29 bits per heavy atom. The lowest BCUT2D eigenvalue weighted by Gasteiger charge is -2.20. The molecule has 1 rings (SSSR count). The minimum absolute atomic E-state index is 0.0314. The Bertz CT molecular complexity index is 146. The largest absolute Gasteiger partial charge is 0.396 e. The Morgan fingerprint density at radius 3 is 2.43 bits per heavy atom. The van der Waals surface area contributed by atoms with E-state index in [1.807, 2.05) is 0 Å². The van der Waals surface area contributed by atoms with Crippen molar-refractivity contribution in [2.45, 2.75) is 44.2 Å². The third-order valence-electron chi connectivity index (χ3n) is 2.91. The van der Waals surface area contributed by atoms with E-state index in [-0.39, 0.29) is 6.29 Å². The van der Waals surface area contributed by atoms with Gasteiger partial charge in [0.2, 0.25) is 0 Å². The summed E-state index contributed by atoms with van der Waals surface area (Å²) in [6.45, 7) is 6.50. The molecule has 1 atom stereocenters. The molecule has 1 fully saturated rings. The van der Waals surface area contributed by atoms with Crippen molar-refractivity contribution in [3.8, 4) is 0 Å². The highest BCUT2D eigenvalue weighted by Crippen LogP contribution is 2.24. The Kier molecular flexibility index (Phi) is 5.70. The first-order chi connectivity index (χ1) is 6.74. The molecule has 0 radical (unpaired) electrons. The van der Waals surface area contributed by atoms with Crippen LogP contribution in [0.3, 0.4) is 0 Å². The van der Waals surface area contributed by atoms with E-state index in [0.717, 1.165) is 38.0 Å². The molecule has 1 N–H and O–H groups in total. The molecule has 1 heterocycles. The first-order valence-corrected chi connectivity index (χ1v) is 8.55. The van der Waals surface area contributed by atoms with Gasteiger partial charge in [0.15, 0.2) is 6.29 Å². The first-order valence-electron chi connectivity index (χ1n) is 5.58. The molecule has 84 valence electrons. The van der Waals surface area contributed by atoms with Gasteiger partial charge in [-0.2, -0.15) is 0 Å². The smallest absolute Gasteiger partial charge is 0.157 e. The molecule has 0 aliphatic carbocycles. The maximum atomic E-state index is 8.94. The zero-order valence-electron chi connectivity index (χ0n) is 9.24. The van der Waals surface area contributed by atoms with E-state index in [9.17, 15) is 0 Å². The predicted octanol–water partition coefficient (Wildman–Crippen LogP) is 1.38. The van der Waals surface area contributed by atoms with Crippen molar-refractivity contribution in [1.82, 2.24) is 0 Å².